The van der Waals surface area contributed by atoms with Crippen LogP contribution in [0.25, 0.3) is 0 Å². The lowest BCUT2D eigenvalue weighted by Gasteiger charge is -2.24. The average molecular weight is 468 g/mol. The summed E-state index contributed by atoms with van der Waals surface area (Å²) >= 11 is 6.10. The molecule has 0 aliphatic carbocycles. The van der Waals surface area contributed by atoms with Crippen molar-refractivity contribution < 1.29 is 14.3 Å². The molecular weight excluding hydrogens is 439 g/mol. The van der Waals surface area contributed by atoms with Crippen molar-refractivity contribution in [1.82, 2.24) is 14.7 Å². The molecule has 3 rings (SSSR count). The molecule has 1 aromatic rings. The number of carbonyl (C=O) groups is 2. The summed E-state index contributed by atoms with van der Waals surface area (Å²) in [7, 11) is 1.51. The van der Waals surface area contributed by atoms with E-state index in [-0.39, 0.29) is 36.6 Å². The monoisotopic (exact) mass is 466 g/mol. The summed E-state index contributed by atoms with van der Waals surface area (Å²) in [6, 6.07) is 3.14. The molecule has 2 heterocycles. The Kier molecular flexibility index (Phi) is 10.3. The zero-order valence-corrected chi connectivity index (χ0v) is 19.0. The number of ether oxygens (including phenoxy) is 1. The molecule has 1 aromatic carbocycles. The van der Waals surface area contributed by atoms with E-state index in [0.29, 0.717) is 48.2 Å². The van der Waals surface area contributed by atoms with Crippen molar-refractivity contribution in [2.45, 2.75) is 19.3 Å². The molecule has 29 heavy (non-hydrogen) atoms. The number of nitrogens with two attached hydrogens (primary N) is 1. The van der Waals surface area contributed by atoms with E-state index in [2.05, 4.69) is 4.90 Å². The minimum absolute atomic E-state index is 0. The fourth-order valence-corrected chi connectivity index (χ4v) is 3.83. The Bertz CT molecular complexity index is 714. The highest BCUT2D eigenvalue weighted by molar-refractivity contribution is 6.33. The number of hydrogen-bond donors (Lipinski definition) is 1. The first kappa shape index (κ1) is 25.6. The SMILES string of the molecule is COc1cc(N)c(Cl)cc1C(=O)N1CCCN(CC(=O)N2CCCC2)CC1.Cl.Cl. The minimum atomic E-state index is -0.124. The highest BCUT2D eigenvalue weighted by Crippen LogP contribution is 2.30. The molecule has 2 aliphatic rings. The maximum atomic E-state index is 13.0. The first-order valence-electron chi connectivity index (χ1n) is 9.42. The van der Waals surface area contributed by atoms with Crippen LogP contribution in [0.5, 0.6) is 5.75 Å². The van der Waals surface area contributed by atoms with Gasteiger partial charge in [-0.05, 0) is 25.3 Å². The lowest BCUT2D eigenvalue weighted by Crippen LogP contribution is -2.41. The van der Waals surface area contributed by atoms with Gasteiger partial charge in [0.1, 0.15) is 5.75 Å². The van der Waals surface area contributed by atoms with Crippen LogP contribution in [0, 0.1) is 0 Å². The van der Waals surface area contributed by atoms with Crippen LogP contribution < -0.4 is 10.5 Å². The van der Waals surface area contributed by atoms with E-state index in [4.69, 9.17) is 22.1 Å². The van der Waals surface area contributed by atoms with Gasteiger partial charge in [0.25, 0.3) is 5.91 Å². The van der Waals surface area contributed by atoms with Crippen molar-refractivity contribution in [3.05, 3.63) is 22.7 Å². The van der Waals surface area contributed by atoms with Crippen LogP contribution in [0.2, 0.25) is 5.02 Å². The van der Waals surface area contributed by atoms with E-state index >= 15 is 0 Å². The van der Waals surface area contributed by atoms with Crippen molar-refractivity contribution >= 4 is 53.9 Å². The normalized spacial score (nSPS) is 17.2. The summed E-state index contributed by atoms with van der Waals surface area (Å²) in [6.45, 7) is 4.86. The zero-order chi connectivity index (χ0) is 19.4. The van der Waals surface area contributed by atoms with Crippen LogP contribution in [0.1, 0.15) is 29.6 Å². The highest BCUT2D eigenvalue weighted by Gasteiger charge is 2.26. The summed E-state index contributed by atoms with van der Waals surface area (Å²) in [4.78, 5) is 31.2. The molecule has 2 N–H and O–H groups in total. The summed E-state index contributed by atoms with van der Waals surface area (Å²) in [6.07, 6.45) is 3.02. The average Bonchev–Trinajstić information content (AvgIpc) is 3.10. The lowest BCUT2D eigenvalue weighted by molar-refractivity contribution is -0.131. The molecule has 0 aromatic heterocycles. The number of anilines is 1. The molecule has 0 atom stereocenters. The second-order valence-corrected chi connectivity index (χ2v) is 7.49. The molecule has 0 unspecified atom stereocenters. The van der Waals surface area contributed by atoms with Gasteiger partial charge in [0.05, 0.1) is 29.9 Å². The summed E-state index contributed by atoms with van der Waals surface area (Å²) < 4.78 is 5.31. The van der Waals surface area contributed by atoms with Gasteiger partial charge in [-0.3, -0.25) is 14.5 Å². The van der Waals surface area contributed by atoms with Gasteiger partial charge >= 0.3 is 0 Å². The number of nitrogens with zero attached hydrogens (tertiary/aromatic N) is 3. The predicted octanol–water partition coefficient (Wildman–Crippen LogP) is 2.54. The number of nitrogen functional groups attached to an aromatic ring is 1. The fraction of sp³-hybridized carbons (Fsp3) is 0.579. The number of methoxy groups -OCH3 is 1. The van der Waals surface area contributed by atoms with Crippen molar-refractivity contribution in [2.24, 2.45) is 0 Å². The van der Waals surface area contributed by atoms with Gasteiger partial charge in [0.15, 0.2) is 0 Å². The Morgan fingerprint density at radius 2 is 1.66 bits per heavy atom. The largest absolute Gasteiger partial charge is 0.496 e. The molecule has 2 fully saturated rings. The summed E-state index contributed by atoms with van der Waals surface area (Å²) in [5, 5.41) is 0.340. The summed E-state index contributed by atoms with van der Waals surface area (Å²) in [5.41, 5.74) is 6.60. The van der Waals surface area contributed by atoms with E-state index in [1.807, 2.05) is 4.90 Å². The summed E-state index contributed by atoms with van der Waals surface area (Å²) in [5.74, 6) is 0.493. The van der Waals surface area contributed by atoms with Crippen molar-refractivity contribution in [2.75, 3.05) is 58.7 Å². The Hall–Kier alpha value is -1.41. The number of halogens is 3. The van der Waals surface area contributed by atoms with Crippen LogP contribution in [0.3, 0.4) is 0 Å². The molecular formula is C19H29Cl3N4O3. The van der Waals surface area contributed by atoms with Gasteiger partial charge in [-0.15, -0.1) is 24.8 Å². The van der Waals surface area contributed by atoms with Crippen LogP contribution in [-0.2, 0) is 4.79 Å². The lowest BCUT2D eigenvalue weighted by atomic mass is 10.1. The Balaban J connectivity index is 0.00000210. The predicted molar refractivity (Wildman–Crippen MR) is 120 cm³/mol. The molecule has 0 saturated carbocycles. The number of amides is 2. The van der Waals surface area contributed by atoms with Crippen LogP contribution in [-0.4, -0.2) is 79.4 Å². The molecule has 2 amide bonds. The first-order valence-corrected chi connectivity index (χ1v) is 9.80. The number of likely N-dealkylation sites (tertiary alicyclic amines) is 1. The van der Waals surface area contributed by atoms with Gasteiger partial charge < -0.3 is 20.3 Å². The molecule has 7 nitrogen and oxygen atoms in total. The van der Waals surface area contributed by atoms with E-state index in [1.54, 1.807) is 17.0 Å². The van der Waals surface area contributed by atoms with Crippen molar-refractivity contribution in [3.8, 4) is 5.75 Å². The van der Waals surface area contributed by atoms with E-state index in [0.717, 1.165) is 38.9 Å². The van der Waals surface area contributed by atoms with E-state index < -0.39 is 0 Å². The quantitative estimate of drug-likeness (QED) is 0.689. The molecule has 2 saturated heterocycles. The molecule has 0 radical (unpaired) electrons. The van der Waals surface area contributed by atoms with Crippen LogP contribution >= 0.6 is 36.4 Å². The number of benzene rings is 1. The fourth-order valence-electron chi connectivity index (χ4n) is 3.67. The molecule has 10 heteroatoms. The molecule has 0 bridgehead atoms. The third-order valence-electron chi connectivity index (χ3n) is 5.24. The van der Waals surface area contributed by atoms with Crippen LogP contribution in [0.15, 0.2) is 12.1 Å². The third-order valence-corrected chi connectivity index (χ3v) is 5.57. The minimum Gasteiger partial charge on any atom is -0.496 e. The van der Waals surface area contributed by atoms with E-state index in [1.165, 1.54) is 7.11 Å². The van der Waals surface area contributed by atoms with E-state index in [9.17, 15) is 9.59 Å². The van der Waals surface area contributed by atoms with Crippen LogP contribution in [0.4, 0.5) is 5.69 Å². The number of hydrogen-bond acceptors (Lipinski definition) is 5. The third kappa shape index (κ3) is 6.28. The maximum Gasteiger partial charge on any atom is 0.257 e. The standard InChI is InChI=1S/C19H27ClN4O3.2ClH/c1-27-17-12-16(21)15(20)11-14(17)19(26)24-8-4-5-22(9-10-24)13-18(25)23-6-2-3-7-23;;/h11-12H,2-10,13,21H2,1H3;2*1H. The second kappa shape index (κ2) is 11.7. The maximum absolute atomic E-state index is 13.0. The zero-order valence-electron chi connectivity index (χ0n) is 16.6. The van der Waals surface area contributed by atoms with Crippen molar-refractivity contribution in [1.29, 1.82) is 0 Å². The highest BCUT2D eigenvalue weighted by atomic mass is 35.5. The molecule has 2 aliphatic heterocycles. The van der Waals surface area contributed by atoms with Gasteiger partial charge in [-0.25, -0.2) is 0 Å². The second-order valence-electron chi connectivity index (χ2n) is 7.08. The Morgan fingerprint density at radius 1 is 1.00 bits per heavy atom. The van der Waals surface area contributed by atoms with Gasteiger partial charge in [0, 0.05) is 45.3 Å². The van der Waals surface area contributed by atoms with Gasteiger partial charge in [-0.2, -0.15) is 0 Å². The number of carbonyl (C=O) groups excluding carboxylic acids is 2. The number of rotatable bonds is 4. The van der Waals surface area contributed by atoms with Gasteiger partial charge in [0.2, 0.25) is 5.91 Å². The molecule has 0 spiro atoms. The smallest absolute Gasteiger partial charge is 0.257 e. The topological polar surface area (TPSA) is 79.1 Å². The Labute approximate surface area is 189 Å². The molecule has 164 valence electrons. The Morgan fingerprint density at radius 3 is 2.31 bits per heavy atom. The van der Waals surface area contributed by atoms with Crippen molar-refractivity contribution in [3.63, 3.8) is 0 Å². The first-order chi connectivity index (χ1) is 13.0. The van der Waals surface area contributed by atoms with Gasteiger partial charge in [-0.1, -0.05) is 11.6 Å².